The van der Waals surface area contributed by atoms with E-state index in [-0.39, 0.29) is 0 Å². The Morgan fingerprint density at radius 2 is 1.83 bits per heavy atom. The van der Waals surface area contributed by atoms with E-state index in [1.165, 1.54) is 0 Å². The van der Waals surface area contributed by atoms with Crippen LogP contribution in [0.3, 0.4) is 0 Å². The fourth-order valence-corrected chi connectivity index (χ4v) is 2.86. The minimum atomic E-state index is 0.417. The minimum Gasteiger partial charge on any atom is -0.332 e. The van der Waals surface area contributed by atoms with E-state index < -0.39 is 0 Å². The zero-order valence-corrected chi connectivity index (χ0v) is 14.4. The highest BCUT2D eigenvalue weighted by Crippen LogP contribution is 2.26. The van der Waals surface area contributed by atoms with Gasteiger partial charge in [-0.25, -0.2) is 0 Å². The third-order valence-corrected chi connectivity index (χ3v) is 4.12. The maximum absolute atomic E-state index is 5.38. The van der Waals surface area contributed by atoms with Crippen molar-refractivity contribution in [1.82, 2.24) is 20.3 Å². The molecule has 0 aliphatic heterocycles. The molecule has 0 saturated heterocycles. The van der Waals surface area contributed by atoms with Crippen LogP contribution in [0.2, 0.25) is 0 Å². The number of H-pyrrole nitrogens is 1. The van der Waals surface area contributed by atoms with Crippen LogP contribution in [0.15, 0.2) is 63.6 Å². The number of halogens is 1. The summed E-state index contributed by atoms with van der Waals surface area (Å²) in [5.41, 5.74) is 4.59. The molecule has 0 aliphatic carbocycles. The molecule has 5 nitrogen and oxygen atoms in total. The highest BCUT2D eigenvalue weighted by atomic mass is 79.9. The molecule has 0 amide bonds. The zero-order valence-electron chi connectivity index (χ0n) is 12.8. The van der Waals surface area contributed by atoms with E-state index in [9.17, 15) is 0 Å². The number of aromatic nitrogens is 4. The largest absolute Gasteiger partial charge is 0.332 e. The zero-order chi connectivity index (χ0) is 16.5. The van der Waals surface area contributed by atoms with Crippen molar-refractivity contribution >= 4 is 15.9 Å². The summed E-state index contributed by atoms with van der Waals surface area (Å²) in [5, 5.41) is 11.3. The summed E-state index contributed by atoms with van der Waals surface area (Å²) in [7, 11) is 0. The molecule has 0 bridgehead atoms. The highest BCUT2D eigenvalue weighted by Gasteiger charge is 2.14. The first-order valence-electron chi connectivity index (χ1n) is 7.41. The Kier molecular flexibility index (Phi) is 3.74. The van der Waals surface area contributed by atoms with E-state index in [0.29, 0.717) is 17.4 Å². The molecule has 0 saturated carbocycles. The molecule has 24 heavy (non-hydrogen) atoms. The van der Waals surface area contributed by atoms with Crippen molar-refractivity contribution < 1.29 is 4.52 Å². The Morgan fingerprint density at radius 3 is 2.67 bits per heavy atom. The van der Waals surface area contributed by atoms with Crippen molar-refractivity contribution in [2.75, 3.05) is 0 Å². The number of hydrogen-bond donors (Lipinski definition) is 1. The van der Waals surface area contributed by atoms with Crippen molar-refractivity contribution in [2.24, 2.45) is 0 Å². The van der Waals surface area contributed by atoms with Crippen LogP contribution in [-0.4, -0.2) is 20.3 Å². The van der Waals surface area contributed by atoms with Crippen LogP contribution in [0.1, 0.15) is 5.56 Å². The van der Waals surface area contributed by atoms with Crippen molar-refractivity contribution in [2.45, 2.75) is 6.92 Å². The molecule has 118 valence electrons. The molecule has 1 N–H and O–H groups in total. The van der Waals surface area contributed by atoms with Gasteiger partial charge in [0.1, 0.15) is 5.69 Å². The summed E-state index contributed by atoms with van der Waals surface area (Å²) in [5.74, 6) is 0.979. The summed E-state index contributed by atoms with van der Waals surface area (Å²) in [6, 6.07) is 17.8. The van der Waals surface area contributed by atoms with Crippen LogP contribution >= 0.6 is 15.9 Å². The first-order chi connectivity index (χ1) is 11.7. The van der Waals surface area contributed by atoms with Gasteiger partial charge in [0.05, 0.1) is 5.69 Å². The van der Waals surface area contributed by atoms with E-state index in [0.717, 1.165) is 26.9 Å². The van der Waals surface area contributed by atoms with Crippen LogP contribution < -0.4 is 0 Å². The van der Waals surface area contributed by atoms with E-state index >= 15 is 0 Å². The van der Waals surface area contributed by atoms with E-state index in [2.05, 4.69) is 36.3 Å². The number of nitrogens with zero attached hydrogens (tertiary/aromatic N) is 3. The molecule has 0 unspecified atom stereocenters. The topological polar surface area (TPSA) is 67.6 Å². The number of aryl methyl sites for hydroxylation is 1. The van der Waals surface area contributed by atoms with Crippen molar-refractivity contribution in [3.63, 3.8) is 0 Å². The molecule has 2 aromatic carbocycles. The molecule has 0 spiro atoms. The van der Waals surface area contributed by atoms with E-state index in [1.807, 2.05) is 61.5 Å². The van der Waals surface area contributed by atoms with Crippen LogP contribution in [0.5, 0.6) is 0 Å². The van der Waals surface area contributed by atoms with Crippen LogP contribution in [-0.2, 0) is 0 Å². The van der Waals surface area contributed by atoms with Gasteiger partial charge in [0.15, 0.2) is 0 Å². The van der Waals surface area contributed by atoms with Gasteiger partial charge in [-0.3, -0.25) is 5.10 Å². The van der Waals surface area contributed by atoms with Crippen molar-refractivity contribution in [3.8, 4) is 34.2 Å². The average molecular weight is 381 g/mol. The number of nitrogens with one attached hydrogen (secondary N) is 1. The van der Waals surface area contributed by atoms with Crippen molar-refractivity contribution in [1.29, 1.82) is 0 Å². The third-order valence-electron chi connectivity index (χ3n) is 3.63. The van der Waals surface area contributed by atoms with Crippen LogP contribution in [0.25, 0.3) is 34.2 Å². The standard InChI is InChI=1S/C18H13BrN4O/c1-11-4-2-6-13(8-11)17-20-18(24-23-17)16-10-15(21-22-16)12-5-3-7-14(19)9-12/h2-10H,1H3,(H,21,22). The van der Waals surface area contributed by atoms with Crippen LogP contribution in [0.4, 0.5) is 0 Å². The van der Waals surface area contributed by atoms with Gasteiger partial charge in [-0.1, -0.05) is 57.0 Å². The lowest BCUT2D eigenvalue weighted by atomic mass is 10.1. The lowest BCUT2D eigenvalue weighted by molar-refractivity contribution is 0.431. The van der Waals surface area contributed by atoms with Gasteiger partial charge in [0.2, 0.25) is 5.82 Å². The summed E-state index contributed by atoms with van der Waals surface area (Å²) in [4.78, 5) is 4.46. The molecule has 0 radical (unpaired) electrons. The smallest absolute Gasteiger partial charge is 0.276 e. The molecule has 0 aliphatic rings. The number of hydrogen-bond acceptors (Lipinski definition) is 4. The molecule has 2 aromatic heterocycles. The predicted octanol–water partition coefficient (Wildman–Crippen LogP) is 4.86. The number of rotatable bonds is 3. The quantitative estimate of drug-likeness (QED) is 0.550. The fraction of sp³-hybridized carbons (Fsp3) is 0.0556. The first kappa shape index (κ1) is 14.8. The molecular formula is C18H13BrN4O. The average Bonchev–Trinajstić information content (AvgIpc) is 3.24. The molecule has 0 fully saturated rings. The maximum Gasteiger partial charge on any atom is 0.276 e. The van der Waals surface area contributed by atoms with Gasteiger partial charge in [-0.15, -0.1) is 0 Å². The maximum atomic E-state index is 5.38. The number of aromatic amines is 1. The third kappa shape index (κ3) is 2.88. The summed E-state index contributed by atoms with van der Waals surface area (Å²) >= 11 is 3.47. The second-order valence-electron chi connectivity index (χ2n) is 5.47. The summed E-state index contributed by atoms with van der Waals surface area (Å²) in [6.07, 6.45) is 0. The Labute approximate surface area is 146 Å². The van der Waals surface area contributed by atoms with E-state index in [4.69, 9.17) is 4.52 Å². The minimum absolute atomic E-state index is 0.417. The second-order valence-corrected chi connectivity index (χ2v) is 6.39. The molecule has 4 aromatic rings. The second kappa shape index (κ2) is 6.05. The fourth-order valence-electron chi connectivity index (χ4n) is 2.46. The van der Waals surface area contributed by atoms with Gasteiger partial charge in [0.25, 0.3) is 5.89 Å². The van der Waals surface area contributed by atoms with Gasteiger partial charge in [-0.05, 0) is 31.2 Å². The lowest BCUT2D eigenvalue weighted by Gasteiger charge is -1.95. The molecule has 6 heteroatoms. The Balaban J connectivity index is 1.66. The van der Waals surface area contributed by atoms with Gasteiger partial charge < -0.3 is 4.52 Å². The van der Waals surface area contributed by atoms with Gasteiger partial charge in [0, 0.05) is 15.6 Å². The molecule has 2 heterocycles. The number of benzene rings is 2. The van der Waals surface area contributed by atoms with E-state index in [1.54, 1.807) is 0 Å². The SMILES string of the molecule is Cc1cccc(-c2noc(-c3cc(-c4cccc(Br)c4)n[nH]3)n2)c1. The highest BCUT2D eigenvalue weighted by molar-refractivity contribution is 9.10. The first-order valence-corrected chi connectivity index (χ1v) is 8.21. The molecular weight excluding hydrogens is 368 g/mol. The van der Waals surface area contributed by atoms with Crippen molar-refractivity contribution in [3.05, 3.63) is 64.6 Å². The Morgan fingerprint density at radius 1 is 1.00 bits per heavy atom. The Bertz CT molecular complexity index is 924. The summed E-state index contributed by atoms with van der Waals surface area (Å²) < 4.78 is 6.38. The predicted molar refractivity (Wildman–Crippen MR) is 95.2 cm³/mol. The molecule has 4 rings (SSSR count). The Hall–Kier alpha value is -2.73. The van der Waals surface area contributed by atoms with Gasteiger partial charge >= 0.3 is 0 Å². The van der Waals surface area contributed by atoms with Crippen LogP contribution in [0, 0.1) is 6.92 Å². The van der Waals surface area contributed by atoms with Gasteiger partial charge in [-0.2, -0.15) is 10.1 Å². The normalized spacial score (nSPS) is 10.9. The molecule has 0 atom stereocenters. The monoisotopic (exact) mass is 380 g/mol. The lowest BCUT2D eigenvalue weighted by Crippen LogP contribution is -1.82. The summed E-state index contributed by atoms with van der Waals surface area (Å²) in [6.45, 7) is 2.03.